The topological polar surface area (TPSA) is 41.6 Å². The smallest absolute Gasteiger partial charge is 0.263 e. The molecule has 1 saturated heterocycles. The van der Waals surface area contributed by atoms with Crippen molar-refractivity contribution in [2.75, 3.05) is 26.2 Å². The molecule has 1 aliphatic heterocycles. The van der Waals surface area contributed by atoms with E-state index in [9.17, 15) is 4.79 Å². The van der Waals surface area contributed by atoms with Gasteiger partial charge >= 0.3 is 0 Å². The lowest BCUT2D eigenvalue weighted by Crippen LogP contribution is -2.42. The molecule has 1 N–H and O–H groups in total. The Morgan fingerprint density at radius 1 is 1.40 bits per heavy atom. The molecule has 1 aromatic rings. The average molecular weight is 297 g/mol. The Balaban J connectivity index is 2.01. The minimum absolute atomic E-state index is 0.0197. The predicted molar refractivity (Wildman–Crippen MR) is 80.3 cm³/mol. The lowest BCUT2D eigenvalue weighted by molar-refractivity contribution is -0.137. The van der Waals surface area contributed by atoms with Crippen molar-refractivity contribution in [3.63, 3.8) is 0 Å². The van der Waals surface area contributed by atoms with Crippen LogP contribution in [0.3, 0.4) is 0 Å². The second-order valence-electron chi connectivity index (χ2n) is 5.12. The van der Waals surface area contributed by atoms with Crippen molar-refractivity contribution in [2.45, 2.75) is 26.4 Å². The van der Waals surface area contributed by atoms with Crippen molar-refractivity contribution in [2.24, 2.45) is 0 Å². The van der Waals surface area contributed by atoms with Crippen LogP contribution in [0.5, 0.6) is 5.75 Å². The molecule has 0 aromatic heterocycles. The minimum atomic E-state index is -0.521. The van der Waals surface area contributed by atoms with Crippen LogP contribution in [0.1, 0.15) is 18.9 Å². The van der Waals surface area contributed by atoms with Gasteiger partial charge in [-0.15, -0.1) is 0 Å². The van der Waals surface area contributed by atoms with Crippen molar-refractivity contribution in [3.8, 4) is 5.75 Å². The van der Waals surface area contributed by atoms with Crippen molar-refractivity contribution in [1.82, 2.24) is 10.2 Å². The Labute approximate surface area is 125 Å². The molecule has 1 aromatic carbocycles. The van der Waals surface area contributed by atoms with Gasteiger partial charge in [-0.2, -0.15) is 0 Å². The quantitative estimate of drug-likeness (QED) is 0.930. The highest BCUT2D eigenvalue weighted by atomic mass is 35.5. The van der Waals surface area contributed by atoms with Crippen molar-refractivity contribution in [3.05, 3.63) is 28.8 Å². The van der Waals surface area contributed by atoms with Gasteiger partial charge in [-0.1, -0.05) is 17.7 Å². The van der Waals surface area contributed by atoms with Gasteiger partial charge in [0.2, 0.25) is 0 Å². The number of rotatable bonds is 3. The summed E-state index contributed by atoms with van der Waals surface area (Å²) < 4.78 is 5.74. The Hall–Kier alpha value is -1.26. The molecule has 110 valence electrons. The van der Waals surface area contributed by atoms with E-state index in [2.05, 4.69) is 5.32 Å². The van der Waals surface area contributed by atoms with E-state index in [1.807, 2.05) is 24.0 Å². The van der Waals surface area contributed by atoms with E-state index in [-0.39, 0.29) is 5.91 Å². The monoisotopic (exact) mass is 296 g/mol. The van der Waals surface area contributed by atoms with Crippen LogP contribution in [-0.2, 0) is 4.79 Å². The van der Waals surface area contributed by atoms with Crippen LogP contribution >= 0.6 is 11.6 Å². The van der Waals surface area contributed by atoms with Crippen LogP contribution in [0.2, 0.25) is 5.02 Å². The molecule has 20 heavy (non-hydrogen) atoms. The number of nitrogens with one attached hydrogen (secondary N) is 1. The van der Waals surface area contributed by atoms with Crippen molar-refractivity contribution in [1.29, 1.82) is 0 Å². The molecule has 0 radical (unpaired) electrons. The van der Waals surface area contributed by atoms with Gasteiger partial charge in [0.1, 0.15) is 5.75 Å². The number of aryl methyl sites for hydroxylation is 1. The van der Waals surface area contributed by atoms with E-state index in [1.165, 1.54) is 0 Å². The highest BCUT2D eigenvalue weighted by Crippen LogP contribution is 2.26. The van der Waals surface area contributed by atoms with Gasteiger partial charge in [0.25, 0.3) is 5.91 Å². The maximum absolute atomic E-state index is 12.4. The van der Waals surface area contributed by atoms with Gasteiger partial charge in [0, 0.05) is 19.6 Å². The SMILES string of the molecule is Cc1ccc(Cl)c(OC(C)C(=O)N2CCCNCC2)c1. The fourth-order valence-electron chi connectivity index (χ4n) is 2.26. The van der Waals surface area contributed by atoms with Gasteiger partial charge in [-0.05, 0) is 44.5 Å². The maximum atomic E-state index is 12.4. The van der Waals surface area contributed by atoms with E-state index < -0.39 is 6.10 Å². The fourth-order valence-corrected chi connectivity index (χ4v) is 2.43. The maximum Gasteiger partial charge on any atom is 0.263 e. The Morgan fingerprint density at radius 3 is 3.00 bits per heavy atom. The molecule has 1 atom stereocenters. The molecule has 1 aliphatic rings. The van der Waals surface area contributed by atoms with Crippen LogP contribution < -0.4 is 10.1 Å². The summed E-state index contributed by atoms with van der Waals surface area (Å²) in [6.45, 7) is 7.05. The largest absolute Gasteiger partial charge is 0.479 e. The summed E-state index contributed by atoms with van der Waals surface area (Å²) in [5, 5.41) is 3.82. The molecule has 5 heteroatoms. The number of halogens is 1. The molecule has 0 bridgehead atoms. The third-order valence-corrected chi connectivity index (χ3v) is 3.70. The lowest BCUT2D eigenvalue weighted by atomic mass is 10.2. The number of nitrogens with zero attached hydrogens (tertiary/aromatic N) is 1. The summed E-state index contributed by atoms with van der Waals surface area (Å²) >= 11 is 6.10. The molecule has 0 aliphatic carbocycles. The number of carbonyl (C=O) groups excluding carboxylic acids is 1. The number of amides is 1. The van der Waals surface area contributed by atoms with E-state index in [1.54, 1.807) is 13.0 Å². The summed E-state index contributed by atoms with van der Waals surface area (Å²) in [4.78, 5) is 14.2. The van der Waals surface area contributed by atoms with Gasteiger partial charge in [0.05, 0.1) is 5.02 Å². The first-order chi connectivity index (χ1) is 9.58. The molecule has 1 fully saturated rings. The minimum Gasteiger partial charge on any atom is -0.479 e. The highest BCUT2D eigenvalue weighted by Gasteiger charge is 2.23. The first-order valence-electron chi connectivity index (χ1n) is 7.00. The fraction of sp³-hybridized carbons (Fsp3) is 0.533. The van der Waals surface area contributed by atoms with Gasteiger partial charge in [-0.25, -0.2) is 0 Å². The molecular weight excluding hydrogens is 276 g/mol. The van der Waals surface area contributed by atoms with Gasteiger partial charge < -0.3 is 15.0 Å². The van der Waals surface area contributed by atoms with Crippen molar-refractivity contribution < 1.29 is 9.53 Å². The number of carbonyl (C=O) groups is 1. The zero-order chi connectivity index (χ0) is 14.5. The second kappa shape index (κ2) is 6.95. The Kier molecular flexibility index (Phi) is 5.26. The highest BCUT2D eigenvalue weighted by molar-refractivity contribution is 6.32. The van der Waals surface area contributed by atoms with Crippen LogP contribution in [0.25, 0.3) is 0 Å². The summed E-state index contributed by atoms with van der Waals surface area (Å²) in [6, 6.07) is 5.57. The average Bonchev–Trinajstić information content (AvgIpc) is 2.71. The van der Waals surface area contributed by atoms with E-state index in [0.29, 0.717) is 10.8 Å². The van der Waals surface area contributed by atoms with Gasteiger partial charge in [-0.3, -0.25) is 4.79 Å². The molecule has 0 saturated carbocycles. The molecule has 1 amide bonds. The second-order valence-corrected chi connectivity index (χ2v) is 5.53. The predicted octanol–water partition coefficient (Wildman–Crippen LogP) is 2.24. The summed E-state index contributed by atoms with van der Waals surface area (Å²) in [5.74, 6) is 0.590. The first kappa shape index (κ1) is 15.1. The van der Waals surface area contributed by atoms with Gasteiger partial charge in [0.15, 0.2) is 6.10 Å². The molecule has 0 spiro atoms. The summed E-state index contributed by atoms with van der Waals surface area (Å²) in [5.41, 5.74) is 1.06. The molecule has 1 unspecified atom stereocenters. The summed E-state index contributed by atoms with van der Waals surface area (Å²) in [6.07, 6.45) is 0.455. The summed E-state index contributed by atoms with van der Waals surface area (Å²) in [7, 11) is 0. The molecule has 4 nitrogen and oxygen atoms in total. The number of hydrogen-bond acceptors (Lipinski definition) is 3. The van der Waals surface area contributed by atoms with Crippen LogP contribution in [0.15, 0.2) is 18.2 Å². The lowest BCUT2D eigenvalue weighted by Gasteiger charge is -2.24. The third kappa shape index (κ3) is 3.87. The zero-order valence-electron chi connectivity index (χ0n) is 12.0. The zero-order valence-corrected chi connectivity index (χ0v) is 12.7. The van der Waals surface area contributed by atoms with Crippen LogP contribution in [-0.4, -0.2) is 43.1 Å². The van der Waals surface area contributed by atoms with Crippen LogP contribution in [0.4, 0.5) is 0 Å². The normalized spacial score (nSPS) is 17.4. The first-order valence-corrected chi connectivity index (χ1v) is 7.38. The Bertz CT molecular complexity index is 471. The number of benzene rings is 1. The van der Waals surface area contributed by atoms with Crippen molar-refractivity contribution >= 4 is 17.5 Å². The third-order valence-electron chi connectivity index (χ3n) is 3.39. The molecule has 2 rings (SSSR count). The number of ether oxygens (including phenoxy) is 1. The van der Waals surface area contributed by atoms with Crippen LogP contribution in [0, 0.1) is 6.92 Å². The standard InChI is InChI=1S/C15H21ClN2O2/c1-11-4-5-13(16)14(10-11)20-12(2)15(19)18-8-3-6-17-7-9-18/h4-5,10,12,17H,3,6-9H2,1-2H3. The Morgan fingerprint density at radius 2 is 2.20 bits per heavy atom. The molecular formula is C15H21ClN2O2. The van der Waals surface area contributed by atoms with E-state index >= 15 is 0 Å². The molecule has 1 heterocycles. The number of hydrogen-bond donors (Lipinski definition) is 1. The van der Waals surface area contributed by atoms with E-state index in [0.717, 1.165) is 38.2 Å². The van der Waals surface area contributed by atoms with E-state index in [4.69, 9.17) is 16.3 Å².